The van der Waals surface area contributed by atoms with E-state index in [-0.39, 0.29) is 11.8 Å². The van der Waals surface area contributed by atoms with E-state index in [0.717, 1.165) is 24.7 Å². The lowest BCUT2D eigenvalue weighted by Crippen LogP contribution is -2.19. The van der Waals surface area contributed by atoms with E-state index in [0.29, 0.717) is 17.0 Å². The van der Waals surface area contributed by atoms with E-state index in [1.54, 1.807) is 6.92 Å². The Bertz CT molecular complexity index is 719. The van der Waals surface area contributed by atoms with Crippen LogP contribution in [0.15, 0.2) is 28.8 Å². The normalized spacial score (nSPS) is 17.5. The van der Waals surface area contributed by atoms with Crippen LogP contribution >= 0.6 is 0 Å². The van der Waals surface area contributed by atoms with E-state index in [2.05, 4.69) is 34.4 Å². The molecule has 24 heavy (non-hydrogen) atoms. The standard InChI is InChI=1S/C19H25N3O2/c1-12(2)18-17(14(4)21-24-18)19(23)20-15-5-7-16(8-6-15)22-10-9-13(3)11-22/h5-8,12-13H,9-11H2,1-4H3,(H,20,23)/t13-/m1/s1. The molecule has 5 heteroatoms. The molecule has 1 amide bonds. The molecule has 1 atom stereocenters. The number of benzene rings is 1. The Morgan fingerprint density at radius 1 is 1.33 bits per heavy atom. The van der Waals surface area contributed by atoms with Gasteiger partial charge >= 0.3 is 0 Å². The molecule has 1 fully saturated rings. The number of hydrogen-bond donors (Lipinski definition) is 1. The fraction of sp³-hybridized carbons (Fsp3) is 0.474. The van der Waals surface area contributed by atoms with Crippen molar-refractivity contribution >= 4 is 17.3 Å². The highest BCUT2D eigenvalue weighted by Gasteiger charge is 2.23. The van der Waals surface area contributed by atoms with E-state index in [9.17, 15) is 4.79 Å². The maximum atomic E-state index is 12.6. The number of carbonyl (C=O) groups is 1. The van der Waals surface area contributed by atoms with Crippen LogP contribution in [0.2, 0.25) is 0 Å². The topological polar surface area (TPSA) is 58.4 Å². The monoisotopic (exact) mass is 327 g/mol. The molecule has 1 aromatic carbocycles. The average molecular weight is 327 g/mol. The first-order valence-electron chi connectivity index (χ1n) is 8.58. The summed E-state index contributed by atoms with van der Waals surface area (Å²) in [4.78, 5) is 15.0. The molecule has 0 bridgehead atoms. The summed E-state index contributed by atoms with van der Waals surface area (Å²) in [6, 6.07) is 8.04. The van der Waals surface area contributed by atoms with Crippen molar-refractivity contribution < 1.29 is 9.32 Å². The number of aryl methyl sites for hydroxylation is 1. The second-order valence-electron chi connectivity index (χ2n) is 7.00. The first kappa shape index (κ1) is 16.6. The predicted octanol–water partition coefficient (Wildman–Crippen LogP) is 4.20. The number of rotatable bonds is 4. The van der Waals surface area contributed by atoms with Gasteiger partial charge in [0.25, 0.3) is 5.91 Å². The minimum atomic E-state index is -0.167. The molecular formula is C19H25N3O2. The van der Waals surface area contributed by atoms with Crippen molar-refractivity contribution in [2.75, 3.05) is 23.3 Å². The number of amides is 1. The second-order valence-corrected chi connectivity index (χ2v) is 7.00. The van der Waals surface area contributed by atoms with Crippen LogP contribution in [0.25, 0.3) is 0 Å². The van der Waals surface area contributed by atoms with E-state index >= 15 is 0 Å². The molecule has 5 nitrogen and oxygen atoms in total. The molecule has 2 heterocycles. The van der Waals surface area contributed by atoms with Gasteiger partial charge in [0.1, 0.15) is 5.56 Å². The number of anilines is 2. The summed E-state index contributed by atoms with van der Waals surface area (Å²) < 4.78 is 5.29. The van der Waals surface area contributed by atoms with E-state index in [1.165, 1.54) is 12.1 Å². The Hall–Kier alpha value is -2.30. The van der Waals surface area contributed by atoms with Crippen LogP contribution in [-0.4, -0.2) is 24.2 Å². The minimum Gasteiger partial charge on any atom is -0.371 e. The molecule has 1 aromatic heterocycles. The van der Waals surface area contributed by atoms with Gasteiger partial charge in [-0.2, -0.15) is 0 Å². The fourth-order valence-corrected chi connectivity index (χ4v) is 3.18. The molecule has 0 saturated carbocycles. The molecule has 1 aliphatic heterocycles. The maximum Gasteiger partial charge on any atom is 0.261 e. The molecule has 2 aromatic rings. The summed E-state index contributed by atoms with van der Waals surface area (Å²) in [7, 11) is 0. The number of aromatic nitrogens is 1. The van der Waals surface area contributed by atoms with Gasteiger partial charge in [-0.1, -0.05) is 25.9 Å². The van der Waals surface area contributed by atoms with Gasteiger partial charge < -0.3 is 14.7 Å². The lowest BCUT2D eigenvalue weighted by atomic mass is 10.0. The maximum absolute atomic E-state index is 12.6. The van der Waals surface area contributed by atoms with E-state index in [4.69, 9.17) is 4.52 Å². The summed E-state index contributed by atoms with van der Waals surface area (Å²) >= 11 is 0. The number of nitrogens with one attached hydrogen (secondary N) is 1. The zero-order valence-electron chi connectivity index (χ0n) is 14.8. The SMILES string of the molecule is Cc1noc(C(C)C)c1C(=O)Nc1ccc(N2CC[C@@H](C)C2)cc1. The van der Waals surface area contributed by atoms with Crippen molar-refractivity contribution in [2.45, 2.75) is 40.0 Å². The highest BCUT2D eigenvalue weighted by atomic mass is 16.5. The van der Waals surface area contributed by atoms with Crippen molar-refractivity contribution in [1.29, 1.82) is 0 Å². The Labute approximate surface area is 143 Å². The average Bonchev–Trinajstić information content (AvgIpc) is 3.14. The van der Waals surface area contributed by atoms with E-state index in [1.807, 2.05) is 26.0 Å². The number of hydrogen-bond acceptors (Lipinski definition) is 4. The first-order valence-corrected chi connectivity index (χ1v) is 8.58. The van der Waals surface area contributed by atoms with Crippen LogP contribution in [0.1, 0.15) is 54.9 Å². The van der Waals surface area contributed by atoms with Gasteiger partial charge in [-0.05, 0) is 43.5 Å². The number of nitrogens with zero attached hydrogens (tertiary/aromatic N) is 2. The van der Waals surface area contributed by atoms with Gasteiger partial charge in [-0.3, -0.25) is 4.79 Å². The lowest BCUT2D eigenvalue weighted by Gasteiger charge is -2.18. The molecule has 0 unspecified atom stereocenters. The number of carbonyl (C=O) groups excluding carboxylic acids is 1. The quantitative estimate of drug-likeness (QED) is 0.914. The van der Waals surface area contributed by atoms with Gasteiger partial charge in [0, 0.05) is 30.4 Å². The molecule has 3 rings (SSSR count). The molecule has 0 aliphatic carbocycles. The first-order chi connectivity index (χ1) is 11.5. The third kappa shape index (κ3) is 3.30. The van der Waals surface area contributed by atoms with Gasteiger partial charge in [0.15, 0.2) is 5.76 Å². The molecular weight excluding hydrogens is 302 g/mol. The van der Waals surface area contributed by atoms with Crippen molar-refractivity contribution in [3.8, 4) is 0 Å². The van der Waals surface area contributed by atoms with Crippen LogP contribution in [0, 0.1) is 12.8 Å². The smallest absolute Gasteiger partial charge is 0.261 e. The summed E-state index contributed by atoms with van der Waals surface area (Å²) in [5, 5.41) is 6.88. The Kier molecular flexibility index (Phi) is 4.60. The summed E-state index contributed by atoms with van der Waals surface area (Å²) in [5.74, 6) is 1.33. The van der Waals surface area contributed by atoms with Crippen molar-refractivity contribution in [1.82, 2.24) is 5.16 Å². The highest BCUT2D eigenvalue weighted by Crippen LogP contribution is 2.26. The van der Waals surface area contributed by atoms with Gasteiger partial charge in [0.2, 0.25) is 0 Å². The lowest BCUT2D eigenvalue weighted by molar-refractivity contribution is 0.102. The van der Waals surface area contributed by atoms with E-state index < -0.39 is 0 Å². The van der Waals surface area contributed by atoms with Crippen LogP contribution < -0.4 is 10.2 Å². The molecule has 1 aliphatic rings. The van der Waals surface area contributed by atoms with Gasteiger partial charge in [0.05, 0.1) is 5.69 Å². The highest BCUT2D eigenvalue weighted by molar-refractivity contribution is 6.05. The third-order valence-corrected chi connectivity index (χ3v) is 4.55. The Morgan fingerprint density at radius 2 is 2.04 bits per heavy atom. The largest absolute Gasteiger partial charge is 0.371 e. The van der Waals surface area contributed by atoms with Crippen molar-refractivity contribution in [2.24, 2.45) is 5.92 Å². The second kappa shape index (κ2) is 6.67. The molecule has 0 radical (unpaired) electrons. The van der Waals surface area contributed by atoms with Crippen LogP contribution in [0.4, 0.5) is 11.4 Å². The summed E-state index contributed by atoms with van der Waals surface area (Å²) in [6.45, 7) is 10.3. The fourth-order valence-electron chi connectivity index (χ4n) is 3.18. The van der Waals surface area contributed by atoms with Crippen LogP contribution in [0.5, 0.6) is 0 Å². The Balaban J connectivity index is 1.72. The third-order valence-electron chi connectivity index (χ3n) is 4.55. The summed E-state index contributed by atoms with van der Waals surface area (Å²) in [6.07, 6.45) is 1.24. The molecule has 128 valence electrons. The zero-order valence-corrected chi connectivity index (χ0v) is 14.8. The molecule has 0 spiro atoms. The molecule has 1 N–H and O–H groups in total. The Morgan fingerprint density at radius 3 is 2.62 bits per heavy atom. The van der Waals surface area contributed by atoms with Crippen LogP contribution in [0.3, 0.4) is 0 Å². The van der Waals surface area contributed by atoms with Crippen molar-refractivity contribution in [3.63, 3.8) is 0 Å². The van der Waals surface area contributed by atoms with Gasteiger partial charge in [-0.25, -0.2) is 0 Å². The van der Waals surface area contributed by atoms with Crippen molar-refractivity contribution in [3.05, 3.63) is 41.3 Å². The summed E-state index contributed by atoms with van der Waals surface area (Å²) in [5.41, 5.74) is 3.16. The zero-order chi connectivity index (χ0) is 17.3. The minimum absolute atomic E-state index is 0.117. The molecule has 1 saturated heterocycles. The van der Waals surface area contributed by atoms with Gasteiger partial charge in [-0.15, -0.1) is 0 Å². The van der Waals surface area contributed by atoms with Crippen LogP contribution in [-0.2, 0) is 0 Å². The predicted molar refractivity (Wildman–Crippen MR) is 95.7 cm³/mol.